The molecule has 138 valence electrons. The van der Waals surface area contributed by atoms with Gasteiger partial charge in [-0.25, -0.2) is 4.99 Å². The summed E-state index contributed by atoms with van der Waals surface area (Å²) < 4.78 is 12.0. The van der Waals surface area contributed by atoms with Gasteiger partial charge in [0.25, 0.3) is 5.91 Å². The number of hydrogen-bond donors (Lipinski definition) is 1. The highest BCUT2D eigenvalue weighted by Crippen LogP contribution is 2.89. The van der Waals surface area contributed by atoms with Crippen molar-refractivity contribution in [2.45, 2.75) is 50.5 Å². The summed E-state index contributed by atoms with van der Waals surface area (Å²) in [5, 5.41) is 20.5. The molecule has 0 amide bonds. The number of nitrogens with zero attached hydrogens (tertiary/aromatic N) is 3. The molecule has 2 aliphatic carbocycles. The SMILES string of the molecule is C[C@H]1CO[C@@]2(N=C(N)[C@@]3(C#N)C4(CCC(c5ccccc5)CC4)[C@@]23C#N)O1. The molecular weight excluding hydrogens is 340 g/mol. The van der Waals surface area contributed by atoms with Crippen molar-refractivity contribution in [1.29, 1.82) is 10.5 Å². The molecular formula is C21H22N4O2. The summed E-state index contributed by atoms with van der Waals surface area (Å²) in [6.45, 7) is 2.24. The predicted octanol–water partition coefficient (Wildman–Crippen LogP) is 2.82. The van der Waals surface area contributed by atoms with Crippen LogP contribution < -0.4 is 5.73 Å². The molecule has 6 nitrogen and oxygen atoms in total. The number of aliphatic imine (C=N–C) groups is 1. The molecule has 0 bridgehead atoms. The molecule has 0 radical (unpaired) electrons. The third kappa shape index (κ3) is 1.57. The molecule has 2 N–H and O–H groups in total. The molecule has 2 saturated carbocycles. The normalized spacial score (nSPS) is 47.3. The van der Waals surface area contributed by atoms with Gasteiger partial charge < -0.3 is 15.2 Å². The van der Waals surface area contributed by atoms with Gasteiger partial charge in [0.05, 0.1) is 24.8 Å². The van der Waals surface area contributed by atoms with E-state index < -0.39 is 22.2 Å². The molecule has 5 rings (SSSR count). The van der Waals surface area contributed by atoms with Gasteiger partial charge in [-0.05, 0) is 44.1 Å². The lowest BCUT2D eigenvalue weighted by Gasteiger charge is -2.36. The van der Waals surface area contributed by atoms with Gasteiger partial charge in [-0.1, -0.05) is 30.3 Å². The first-order valence-electron chi connectivity index (χ1n) is 9.57. The van der Waals surface area contributed by atoms with Crippen molar-refractivity contribution in [1.82, 2.24) is 0 Å². The Morgan fingerprint density at radius 2 is 1.85 bits per heavy atom. The molecule has 27 heavy (non-hydrogen) atoms. The van der Waals surface area contributed by atoms with Crippen LogP contribution in [0.4, 0.5) is 0 Å². The van der Waals surface area contributed by atoms with Crippen LogP contribution in [0, 0.1) is 38.9 Å². The van der Waals surface area contributed by atoms with E-state index in [4.69, 9.17) is 15.2 Å². The van der Waals surface area contributed by atoms with Gasteiger partial charge in [0.15, 0.2) is 5.41 Å². The fourth-order valence-electron chi connectivity index (χ4n) is 6.25. The van der Waals surface area contributed by atoms with E-state index in [2.05, 4.69) is 41.4 Å². The van der Waals surface area contributed by atoms with E-state index in [1.165, 1.54) is 5.56 Å². The summed E-state index contributed by atoms with van der Waals surface area (Å²) in [5.74, 6) is -0.789. The van der Waals surface area contributed by atoms with Crippen molar-refractivity contribution in [3.05, 3.63) is 35.9 Å². The van der Waals surface area contributed by atoms with E-state index in [1.54, 1.807) is 0 Å². The number of nitriles is 2. The Bertz CT molecular complexity index is 908. The molecule has 0 aromatic heterocycles. The average Bonchev–Trinajstić information content (AvgIpc) is 2.87. The van der Waals surface area contributed by atoms with Crippen LogP contribution in [-0.2, 0) is 9.47 Å². The Labute approximate surface area is 158 Å². The highest BCUT2D eigenvalue weighted by atomic mass is 16.8. The Morgan fingerprint density at radius 3 is 2.41 bits per heavy atom. The Balaban J connectivity index is 1.54. The summed E-state index contributed by atoms with van der Waals surface area (Å²) in [7, 11) is 0. The zero-order valence-electron chi connectivity index (χ0n) is 15.3. The Kier molecular flexibility index (Phi) is 3.16. The topological polar surface area (TPSA) is 104 Å². The Hall–Kier alpha value is -2.41. The van der Waals surface area contributed by atoms with Crippen molar-refractivity contribution in [3.63, 3.8) is 0 Å². The number of benzene rings is 1. The lowest BCUT2D eigenvalue weighted by atomic mass is 9.71. The standard InChI is InChI=1S/C21H22N4O2/c1-14-11-26-21(27-14)20(13-23)18(19(20,12-22)17(24)25-21)9-7-16(8-10-18)15-5-3-2-4-6-15/h2-6,14,16H,7-11H2,1H3,(H2,24,25)/t14-,16?,18?,19-,20+,21+/m0/s1. The first kappa shape index (κ1) is 16.7. The summed E-state index contributed by atoms with van der Waals surface area (Å²) in [6.07, 6.45) is 3.13. The molecule has 4 aliphatic rings. The lowest BCUT2D eigenvalue weighted by Crippen LogP contribution is -2.42. The van der Waals surface area contributed by atoms with Gasteiger partial charge >= 0.3 is 0 Å². The quantitative estimate of drug-likeness (QED) is 0.827. The van der Waals surface area contributed by atoms with E-state index in [1.807, 2.05) is 13.0 Å². The van der Waals surface area contributed by atoms with Crippen LogP contribution in [0.3, 0.4) is 0 Å². The van der Waals surface area contributed by atoms with Crippen LogP contribution in [0.25, 0.3) is 0 Å². The third-order valence-electron chi connectivity index (χ3n) is 7.38. The van der Waals surface area contributed by atoms with Gasteiger partial charge in [0, 0.05) is 5.41 Å². The van der Waals surface area contributed by atoms with E-state index in [9.17, 15) is 10.5 Å². The van der Waals surface area contributed by atoms with E-state index >= 15 is 0 Å². The van der Waals surface area contributed by atoms with Crippen LogP contribution in [0.15, 0.2) is 35.3 Å². The van der Waals surface area contributed by atoms with Gasteiger partial charge in [0.1, 0.15) is 11.3 Å². The van der Waals surface area contributed by atoms with Crippen LogP contribution >= 0.6 is 0 Å². The van der Waals surface area contributed by atoms with Crippen molar-refractivity contribution < 1.29 is 9.47 Å². The second-order valence-corrected chi connectivity index (χ2v) is 8.31. The van der Waals surface area contributed by atoms with Crippen LogP contribution in [0.5, 0.6) is 0 Å². The minimum atomic E-state index is -1.43. The zero-order valence-corrected chi connectivity index (χ0v) is 15.3. The van der Waals surface area contributed by atoms with Crippen molar-refractivity contribution in [2.24, 2.45) is 27.0 Å². The highest BCUT2D eigenvalue weighted by molar-refractivity contribution is 6.00. The minimum absolute atomic E-state index is 0.181. The molecule has 2 heterocycles. The largest absolute Gasteiger partial charge is 0.386 e. The first-order valence-corrected chi connectivity index (χ1v) is 9.57. The van der Waals surface area contributed by atoms with Crippen LogP contribution in [0.2, 0.25) is 0 Å². The van der Waals surface area contributed by atoms with Crippen molar-refractivity contribution in [3.8, 4) is 12.1 Å². The number of amidine groups is 1. The molecule has 0 unspecified atom stereocenters. The maximum Gasteiger partial charge on any atom is 0.293 e. The van der Waals surface area contributed by atoms with Gasteiger partial charge in [-0.3, -0.25) is 0 Å². The number of fused-ring (bicyclic) bond motifs is 4. The first-order chi connectivity index (χ1) is 13.0. The van der Waals surface area contributed by atoms with Crippen molar-refractivity contribution >= 4 is 5.84 Å². The number of nitrogens with two attached hydrogens (primary N) is 1. The number of ether oxygens (including phenoxy) is 2. The fourth-order valence-corrected chi connectivity index (χ4v) is 6.25. The number of hydrogen-bond acceptors (Lipinski definition) is 6. The Morgan fingerprint density at radius 1 is 1.15 bits per heavy atom. The molecule has 4 atom stereocenters. The second-order valence-electron chi connectivity index (χ2n) is 8.31. The van der Waals surface area contributed by atoms with Crippen molar-refractivity contribution in [2.75, 3.05) is 6.61 Å². The highest BCUT2D eigenvalue weighted by Gasteiger charge is 3.00. The maximum atomic E-state index is 10.3. The molecule has 2 aliphatic heterocycles. The lowest BCUT2D eigenvalue weighted by molar-refractivity contribution is -0.202. The molecule has 1 saturated heterocycles. The van der Waals surface area contributed by atoms with E-state index in [0.717, 1.165) is 25.7 Å². The minimum Gasteiger partial charge on any atom is -0.386 e. The fraction of sp³-hybridized carbons (Fsp3) is 0.571. The van der Waals surface area contributed by atoms with Crippen LogP contribution in [0.1, 0.15) is 44.1 Å². The average molecular weight is 362 g/mol. The molecule has 3 fully saturated rings. The van der Waals surface area contributed by atoms with E-state index in [-0.39, 0.29) is 11.9 Å². The summed E-state index contributed by atoms with van der Waals surface area (Å²) in [5.41, 5.74) is 4.79. The van der Waals surface area contributed by atoms with Gasteiger partial charge in [0.2, 0.25) is 0 Å². The smallest absolute Gasteiger partial charge is 0.293 e. The van der Waals surface area contributed by atoms with E-state index in [0.29, 0.717) is 12.5 Å². The molecule has 2 spiro atoms. The maximum absolute atomic E-state index is 10.3. The van der Waals surface area contributed by atoms with Crippen LogP contribution in [-0.4, -0.2) is 24.5 Å². The number of rotatable bonds is 1. The molecule has 1 aromatic rings. The second kappa shape index (κ2) is 5.10. The van der Waals surface area contributed by atoms with Gasteiger partial charge in [-0.15, -0.1) is 0 Å². The predicted molar refractivity (Wildman–Crippen MR) is 97.0 cm³/mol. The third-order valence-corrected chi connectivity index (χ3v) is 7.38. The van der Waals surface area contributed by atoms with Gasteiger partial charge in [-0.2, -0.15) is 10.5 Å². The summed E-state index contributed by atoms with van der Waals surface area (Å²) >= 11 is 0. The monoisotopic (exact) mass is 362 g/mol. The summed E-state index contributed by atoms with van der Waals surface area (Å²) in [4.78, 5) is 4.42. The molecule has 6 heteroatoms. The summed E-state index contributed by atoms with van der Waals surface area (Å²) in [6, 6.07) is 15.3. The molecule has 1 aromatic carbocycles. The zero-order chi connectivity index (χ0) is 18.9.